The first-order valence-corrected chi connectivity index (χ1v) is 13.9. The largest absolute Gasteiger partial charge is 0.316 e. The molecule has 0 unspecified atom stereocenters. The minimum absolute atomic E-state index is 0.145. The van der Waals surface area contributed by atoms with E-state index < -0.39 is 0 Å². The van der Waals surface area contributed by atoms with E-state index >= 15 is 0 Å². The number of rotatable bonds is 7. The zero-order valence-corrected chi connectivity index (χ0v) is 21.0. The van der Waals surface area contributed by atoms with E-state index in [1.54, 1.807) is 22.7 Å². The first-order chi connectivity index (χ1) is 16.7. The number of carbonyl (C=O) groups is 1. The van der Waals surface area contributed by atoms with Crippen LogP contribution in [0, 0.1) is 11.3 Å². The molecule has 3 aromatic heterocycles. The van der Waals surface area contributed by atoms with Crippen LogP contribution in [0.15, 0.2) is 47.5 Å². The smallest absolute Gasteiger partial charge is 0.235 e. The molecule has 172 valence electrons. The number of nitrogens with zero attached hydrogens (tertiary/aromatic N) is 4. The van der Waals surface area contributed by atoms with Crippen LogP contribution in [0.25, 0.3) is 21.5 Å². The van der Waals surface area contributed by atoms with Crippen LogP contribution >= 0.6 is 34.4 Å². The quantitative estimate of drug-likeness (QED) is 0.182. The highest BCUT2D eigenvalue weighted by atomic mass is 32.2. The molecule has 4 aromatic rings. The molecule has 0 saturated heterocycles. The van der Waals surface area contributed by atoms with Crippen LogP contribution in [0.3, 0.4) is 0 Å². The summed E-state index contributed by atoms with van der Waals surface area (Å²) in [4.78, 5) is 14.0. The summed E-state index contributed by atoms with van der Waals surface area (Å²) in [6.45, 7) is 4.43. The van der Waals surface area contributed by atoms with Crippen molar-refractivity contribution >= 4 is 55.4 Å². The fraction of sp³-hybridized carbons (Fsp3) is 0.280. The lowest BCUT2D eigenvalue weighted by Gasteiger charge is -2.08. The highest BCUT2D eigenvalue weighted by Crippen LogP contribution is 2.37. The van der Waals surface area contributed by atoms with Crippen LogP contribution in [0.4, 0.5) is 5.00 Å². The van der Waals surface area contributed by atoms with Crippen molar-refractivity contribution in [3.05, 3.63) is 58.3 Å². The van der Waals surface area contributed by atoms with E-state index in [4.69, 9.17) is 0 Å². The lowest BCUT2D eigenvalue weighted by atomic mass is 10.1. The molecular formula is C25H23N5OS3. The Morgan fingerprint density at radius 3 is 2.97 bits per heavy atom. The summed E-state index contributed by atoms with van der Waals surface area (Å²) in [5.41, 5.74) is 2.80. The lowest BCUT2D eigenvalue weighted by Crippen LogP contribution is -2.14. The maximum Gasteiger partial charge on any atom is 0.235 e. The minimum atomic E-state index is -0.145. The van der Waals surface area contributed by atoms with Gasteiger partial charge in [-0.2, -0.15) is 5.26 Å². The topological polar surface area (TPSA) is 83.6 Å². The van der Waals surface area contributed by atoms with E-state index in [0.717, 1.165) is 48.0 Å². The Labute approximate surface area is 210 Å². The van der Waals surface area contributed by atoms with Gasteiger partial charge in [-0.3, -0.25) is 9.36 Å². The summed E-state index contributed by atoms with van der Waals surface area (Å²) in [6, 6.07) is 10.6. The number of amides is 1. The molecule has 0 atom stereocenters. The van der Waals surface area contributed by atoms with Crippen molar-refractivity contribution in [3.63, 3.8) is 0 Å². The van der Waals surface area contributed by atoms with E-state index in [-0.39, 0.29) is 11.7 Å². The fourth-order valence-corrected chi connectivity index (χ4v) is 7.22. The third-order valence-corrected chi connectivity index (χ3v) is 9.01. The molecule has 0 fully saturated rings. The SMILES string of the molecule is C=CCn1c(SCC(=O)Nc2sc3c(c2C#N)CCCCC3)nnc1-c1csc2ccccc12. The zero-order chi connectivity index (χ0) is 23.5. The number of thioether (sulfide) groups is 1. The van der Waals surface area contributed by atoms with Gasteiger partial charge in [0.1, 0.15) is 11.1 Å². The molecule has 9 heteroatoms. The molecule has 5 rings (SSSR count). The molecule has 1 N–H and O–H groups in total. The maximum absolute atomic E-state index is 12.8. The van der Waals surface area contributed by atoms with Crippen molar-refractivity contribution < 1.29 is 4.79 Å². The first kappa shape index (κ1) is 22.8. The van der Waals surface area contributed by atoms with Gasteiger partial charge in [-0.1, -0.05) is 42.5 Å². The Bertz CT molecular complexity index is 1410. The number of benzene rings is 1. The Morgan fingerprint density at radius 1 is 1.26 bits per heavy atom. The number of aryl methyl sites for hydroxylation is 1. The molecule has 34 heavy (non-hydrogen) atoms. The summed E-state index contributed by atoms with van der Waals surface area (Å²) >= 11 is 4.58. The first-order valence-electron chi connectivity index (χ1n) is 11.2. The lowest BCUT2D eigenvalue weighted by molar-refractivity contribution is -0.113. The van der Waals surface area contributed by atoms with Crippen molar-refractivity contribution in [2.75, 3.05) is 11.1 Å². The number of hydrogen-bond acceptors (Lipinski definition) is 7. The standard InChI is InChI=1S/C25H23N5OS3/c1-2-12-30-23(19-14-32-20-10-7-6-9-17(19)20)28-29-25(30)33-15-22(31)27-24-18(13-26)16-8-4-3-5-11-21(16)34-24/h2,6-7,9-10,14H,1,3-5,8,11-12,15H2,(H,27,31). The van der Waals surface area contributed by atoms with Gasteiger partial charge in [0.15, 0.2) is 11.0 Å². The second kappa shape index (κ2) is 10.1. The van der Waals surface area contributed by atoms with Crippen molar-refractivity contribution in [1.82, 2.24) is 14.8 Å². The Kier molecular flexibility index (Phi) is 6.81. The summed E-state index contributed by atoms with van der Waals surface area (Å²) in [5.74, 6) is 0.815. The molecule has 0 saturated carbocycles. The number of nitriles is 1. The summed E-state index contributed by atoms with van der Waals surface area (Å²) in [6.07, 6.45) is 7.15. The molecular weight excluding hydrogens is 483 g/mol. The number of anilines is 1. The summed E-state index contributed by atoms with van der Waals surface area (Å²) in [5, 5.41) is 26.1. The van der Waals surface area contributed by atoms with Crippen LogP contribution in [0.2, 0.25) is 0 Å². The monoisotopic (exact) mass is 505 g/mol. The molecule has 0 bridgehead atoms. The molecule has 1 aromatic carbocycles. The predicted molar refractivity (Wildman–Crippen MR) is 141 cm³/mol. The van der Waals surface area contributed by atoms with Crippen LogP contribution in [0.5, 0.6) is 0 Å². The van der Waals surface area contributed by atoms with Crippen LogP contribution in [-0.4, -0.2) is 26.4 Å². The highest BCUT2D eigenvalue weighted by molar-refractivity contribution is 7.99. The number of hydrogen-bond donors (Lipinski definition) is 1. The average molecular weight is 506 g/mol. The zero-order valence-electron chi connectivity index (χ0n) is 18.5. The Hall–Kier alpha value is -2.93. The van der Waals surface area contributed by atoms with Crippen molar-refractivity contribution in [2.24, 2.45) is 0 Å². The van der Waals surface area contributed by atoms with Gasteiger partial charge < -0.3 is 5.32 Å². The third-order valence-electron chi connectivity index (χ3n) is 5.87. The fourth-order valence-electron chi connectivity index (χ4n) is 4.28. The molecule has 0 radical (unpaired) electrons. The molecule has 3 heterocycles. The molecule has 1 aliphatic carbocycles. The number of thiophene rings is 2. The second-order valence-corrected chi connectivity index (χ2v) is 11.0. The Balaban J connectivity index is 1.33. The van der Waals surface area contributed by atoms with Crippen molar-refractivity contribution in [3.8, 4) is 17.5 Å². The average Bonchev–Trinajstić information content (AvgIpc) is 3.48. The summed E-state index contributed by atoms with van der Waals surface area (Å²) in [7, 11) is 0. The normalized spacial score (nSPS) is 13.3. The molecule has 0 aliphatic heterocycles. The van der Waals surface area contributed by atoms with Gasteiger partial charge in [-0.25, -0.2) is 0 Å². The predicted octanol–water partition coefficient (Wildman–Crippen LogP) is 6.28. The number of fused-ring (bicyclic) bond motifs is 2. The van der Waals surface area contributed by atoms with Crippen LogP contribution in [0.1, 0.15) is 35.3 Å². The van der Waals surface area contributed by atoms with E-state index in [1.165, 1.54) is 27.8 Å². The third kappa shape index (κ3) is 4.41. The maximum atomic E-state index is 12.8. The van der Waals surface area contributed by atoms with Crippen LogP contribution < -0.4 is 5.32 Å². The molecule has 1 aliphatic rings. The number of allylic oxidation sites excluding steroid dienone is 1. The summed E-state index contributed by atoms with van der Waals surface area (Å²) < 4.78 is 3.19. The number of aromatic nitrogens is 3. The number of nitrogens with one attached hydrogen (secondary N) is 1. The van der Waals surface area contributed by atoms with Crippen molar-refractivity contribution in [1.29, 1.82) is 5.26 Å². The van der Waals surface area contributed by atoms with Crippen LogP contribution in [-0.2, 0) is 24.2 Å². The van der Waals surface area contributed by atoms with Crippen molar-refractivity contribution in [2.45, 2.75) is 43.8 Å². The van der Waals surface area contributed by atoms with E-state index in [0.29, 0.717) is 22.3 Å². The molecule has 6 nitrogen and oxygen atoms in total. The Morgan fingerprint density at radius 2 is 2.12 bits per heavy atom. The highest BCUT2D eigenvalue weighted by Gasteiger charge is 2.22. The molecule has 0 spiro atoms. The van der Waals surface area contributed by atoms with Gasteiger partial charge >= 0.3 is 0 Å². The minimum Gasteiger partial charge on any atom is -0.316 e. The van der Waals surface area contributed by atoms with Gasteiger partial charge in [0.2, 0.25) is 5.91 Å². The van der Waals surface area contributed by atoms with Gasteiger partial charge in [-0.15, -0.1) is 39.4 Å². The molecule has 1 amide bonds. The van der Waals surface area contributed by atoms with Gasteiger partial charge in [-0.05, 0) is 37.3 Å². The van der Waals surface area contributed by atoms with E-state index in [9.17, 15) is 10.1 Å². The van der Waals surface area contributed by atoms with E-state index in [2.05, 4.69) is 45.7 Å². The van der Waals surface area contributed by atoms with E-state index in [1.807, 2.05) is 22.8 Å². The van der Waals surface area contributed by atoms with Gasteiger partial charge in [0.25, 0.3) is 0 Å². The second-order valence-electron chi connectivity index (χ2n) is 8.07. The number of carbonyl (C=O) groups excluding carboxylic acids is 1. The van der Waals surface area contributed by atoms with Gasteiger partial charge in [0, 0.05) is 32.5 Å². The van der Waals surface area contributed by atoms with Gasteiger partial charge in [0.05, 0.1) is 11.3 Å².